The number of anilines is 1. The molecule has 4 aromatic rings. The molecule has 0 atom stereocenters. The number of benzene rings is 1. The average Bonchev–Trinajstić information content (AvgIpc) is 3.33. The molecule has 1 aromatic carbocycles. The summed E-state index contributed by atoms with van der Waals surface area (Å²) in [6.07, 6.45) is 3.82. The molecule has 1 aliphatic heterocycles. The van der Waals surface area contributed by atoms with Crippen LogP contribution >= 0.6 is 0 Å². The number of fused-ring (bicyclic) bond motifs is 2. The maximum atomic E-state index is 10.1. The summed E-state index contributed by atoms with van der Waals surface area (Å²) in [4.78, 5) is 10.4. The molecule has 5 rings (SSSR count). The zero-order chi connectivity index (χ0) is 18.7. The van der Waals surface area contributed by atoms with Crippen LogP contribution in [0.15, 0.2) is 36.7 Å². The number of phenolic OH excluding ortho intramolecular Hbond substituents is 1. The summed E-state index contributed by atoms with van der Waals surface area (Å²) in [6, 6.07) is 7.98. The molecule has 136 valence electrons. The van der Waals surface area contributed by atoms with Gasteiger partial charge in [-0.2, -0.15) is 5.10 Å². The third-order valence-electron chi connectivity index (χ3n) is 5.58. The van der Waals surface area contributed by atoms with Gasteiger partial charge in [0.1, 0.15) is 17.2 Å². The number of pyridine rings is 1. The van der Waals surface area contributed by atoms with E-state index >= 15 is 0 Å². The molecule has 0 aliphatic carbocycles. The molecule has 0 saturated carbocycles. The SMILES string of the molecule is Cc1ccc(O)c(C)c1-c1cnc2[nH]c(N3Cc4cnn(C)c4C3)cc2c1. The van der Waals surface area contributed by atoms with Gasteiger partial charge in [-0.05, 0) is 48.7 Å². The van der Waals surface area contributed by atoms with E-state index in [-0.39, 0.29) is 0 Å². The number of aromatic nitrogens is 4. The summed E-state index contributed by atoms with van der Waals surface area (Å²) in [5.74, 6) is 1.38. The Labute approximate surface area is 157 Å². The molecule has 0 radical (unpaired) electrons. The number of H-pyrrole nitrogens is 1. The van der Waals surface area contributed by atoms with Gasteiger partial charge in [-0.1, -0.05) is 6.07 Å². The van der Waals surface area contributed by atoms with Gasteiger partial charge in [0, 0.05) is 36.3 Å². The number of aromatic amines is 1. The Hall–Kier alpha value is -3.28. The number of aryl methyl sites for hydroxylation is 2. The topological polar surface area (TPSA) is 70.0 Å². The van der Waals surface area contributed by atoms with Crippen molar-refractivity contribution in [3.8, 4) is 16.9 Å². The van der Waals surface area contributed by atoms with Crippen molar-refractivity contribution in [2.75, 3.05) is 4.90 Å². The third-order valence-corrected chi connectivity index (χ3v) is 5.58. The molecule has 0 spiro atoms. The maximum Gasteiger partial charge on any atom is 0.138 e. The van der Waals surface area contributed by atoms with Gasteiger partial charge in [0.15, 0.2) is 0 Å². The molecule has 2 N–H and O–H groups in total. The highest BCUT2D eigenvalue weighted by molar-refractivity contribution is 5.86. The lowest BCUT2D eigenvalue weighted by atomic mass is 9.96. The van der Waals surface area contributed by atoms with Gasteiger partial charge >= 0.3 is 0 Å². The molecule has 0 fully saturated rings. The second-order valence-corrected chi connectivity index (χ2v) is 7.31. The van der Waals surface area contributed by atoms with E-state index in [1.165, 1.54) is 11.3 Å². The van der Waals surface area contributed by atoms with Crippen molar-refractivity contribution in [1.29, 1.82) is 0 Å². The lowest BCUT2D eigenvalue weighted by molar-refractivity contribution is 0.471. The molecule has 27 heavy (non-hydrogen) atoms. The van der Waals surface area contributed by atoms with Gasteiger partial charge < -0.3 is 15.0 Å². The second-order valence-electron chi connectivity index (χ2n) is 7.31. The summed E-state index contributed by atoms with van der Waals surface area (Å²) in [5, 5.41) is 15.5. The van der Waals surface area contributed by atoms with Crippen LogP contribution in [0.3, 0.4) is 0 Å². The van der Waals surface area contributed by atoms with Gasteiger partial charge in [-0.3, -0.25) is 4.68 Å². The van der Waals surface area contributed by atoms with Crippen LogP contribution < -0.4 is 4.90 Å². The lowest BCUT2D eigenvalue weighted by Gasteiger charge is -2.15. The highest BCUT2D eigenvalue weighted by Gasteiger charge is 2.24. The predicted octanol–water partition coefficient (Wildman–Crippen LogP) is 3.81. The van der Waals surface area contributed by atoms with E-state index in [2.05, 4.69) is 39.0 Å². The van der Waals surface area contributed by atoms with Crippen LogP contribution in [0.5, 0.6) is 5.75 Å². The van der Waals surface area contributed by atoms with E-state index in [1.807, 2.05) is 37.1 Å². The largest absolute Gasteiger partial charge is 0.508 e. The quantitative estimate of drug-likeness (QED) is 0.571. The zero-order valence-corrected chi connectivity index (χ0v) is 15.6. The van der Waals surface area contributed by atoms with Crippen molar-refractivity contribution in [3.63, 3.8) is 0 Å². The normalized spacial score (nSPS) is 13.5. The van der Waals surface area contributed by atoms with E-state index in [9.17, 15) is 5.11 Å². The maximum absolute atomic E-state index is 10.1. The number of hydrogen-bond acceptors (Lipinski definition) is 4. The van der Waals surface area contributed by atoms with E-state index in [1.54, 1.807) is 6.07 Å². The van der Waals surface area contributed by atoms with E-state index in [0.29, 0.717) is 5.75 Å². The number of rotatable bonds is 2. The first-order valence-corrected chi connectivity index (χ1v) is 9.04. The van der Waals surface area contributed by atoms with Gasteiger partial charge in [0.2, 0.25) is 0 Å². The molecule has 4 heterocycles. The number of nitrogens with zero attached hydrogens (tertiary/aromatic N) is 4. The first-order valence-electron chi connectivity index (χ1n) is 9.04. The van der Waals surface area contributed by atoms with Crippen molar-refractivity contribution < 1.29 is 5.11 Å². The van der Waals surface area contributed by atoms with Crippen LogP contribution in [-0.4, -0.2) is 24.9 Å². The fourth-order valence-corrected chi connectivity index (χ4v) is 4.05. The van der Waals surface area contributed by atoms with E-state index in [4.69, 9.17) is 0 Å². The monoisotopic (exact) mass is 359 g/mol. The summed E-state index contributed by atoms with van der Waals surface area (Å²) in [5.41, 5.74) is 7.49. The zero-order valence-electron chi connectivity index (χ0n) is 15.6. The molecule has 6 nitrogen and oxygen atoms in total. The van der Waals surface area contributed by atoms with Gasteiger partial charge in [-0.25, -0.2) is 4.98 Å². The van der Waals surface area contributed by atoms with Crippen molar-refractivity contribution in [2.45, 2.75) is 26.9 Å². The average molecular weight is 359 g/mol. The highest BCUT2D eigenvalue weighted by atomic mass is 16.3. The van der Waals surface area contributed by atoms with Crippen LogP contribution in [0.4, 0.5) is 5.82 Å². The number of phenols is 1. The summed E-state index contributed by atoms with van der Waals surface area (Å²) in [7, 11) is 1.99. The van der Waals surface area contributed by atoms with Crippen LogP contribution in [0.25, 0.3) is 22.2 Å². The molecule has 0 saturated heterocycles. The highest BCUT2D eigenvalue weighted by Crippen LogP contribution is 2.35. The van der Waals surface area contributed by atoms with Crippen LogP contribution in [0.1, 0.15) is 22.4 Å². The van der Waals surface area contributed by atoms with E-state index in [0.717, 1.165) is 52.2 Å². The lowest BCUT2D eigenvalue weighted by Crippen LogP contribution is -2.16. The fourth-order valence-electron chi connectivity index (χ4n) is 4.05. The number of nitrogens with one attached hydrogen (secondary N) is 1. The Morgan fingerprint density at radius 2 is 1.96 bits per heavy atom. The fraction of sp³-hybridized carbons (Fsp3) is 0.238. The van der Waals surface area contributed by atoms with E-state index < -0.39 is 0 Å². The Morgan fingerprint density at radius 1 is 1.11 bits per heavy atom. The minimum absolute atomic E-state index is 0.314. The molecule has 0 unspecified atom stereocenters. The third kappa shape index (κ3) is 2.40. The molecule has 0 bridgehead atoms. The molecule has 3 aromatic heterocycles. The number of aromatic hydroxyl groups is 1. The van der Waals surface area contributed by atoms with Crippen LogP contribution in [0, 0.1) is 13.8 Å². The predicted molar refractivity (Wildman–Crippen MR) is 106 cm³/mol. The van der Waals surface area contributed by atoms with Gasteiger partial charge in [-0.15, -0.1) is 0 Å². The first kappa shape index (κ1) is 15.9. The second kappa shape index (κ2) is 5.61. The summed E-state index contributed by atoms with van der Waals surface area (Å²) >= 11 is 0. The minimum atomic E-state index is 0.314. The van der Waals surface area contributed by atoms with Crippen molar-refractivity contribution >= 4 is 16.9 Å². The summed E-state index contributed by atoms with van der Waals surface area (Å²) < 4.78 is 1.95. The van der Waals surface area contributed by atoms with Crippen molar-refractivity contribution in [2.24, 2.45) is 7.05 Å². The Bertz CT molecular complexity index is 1190. The standard InChI is InChI=1S/C21H21N5O/c1-12-4-5-18(27)13(2)20(12)15-6-14-7-19(24-21(14)22-8-15)26-10-16-9-23-25(3)17(16)11-26/h4-9,27H,10-11H2,1-3H3,(H,22,24). The first-order chi connectivity index (χ1) is 13.0. The molecular formula is C21H21N5O. The smallest absolute Gasteiger partial charge is 0.138 e. The Morgan fingerprint density at radius 3 is 2.78 bits per heavy atom. The number of hydrogen-bond donors (Lipinski definition) is 2. The molecular weight excluding hydrogens is 338 g/mol. The van der Waals surface area contributed by atoms with Gasteiger partial charge in [0.25, 0.3) is 0 Å². The molecule has 6 heteroatoms. The molecule has 1 aliphatic rings. The van der Waals surface area contributed by atoms with Crippen LogP contribution in [-0.2, 0) is 20.1 Å². The minimum Gasteiger partial charge on any atom is -0.508 e. The Balaban J connectivity index is 1.54. The van der Waals surface area contributed by atoms with Crippen molar-refractivity contribution in [3.05, 3.63) is 59.0 Å². The molecule has 0 amide bonds. The van der Waals surface area contributed by atoms with Gasteiger partial charge in [0.05, 0.1) is 18.4 Å². The Kier molecular flexibility index (Phi) is 3.31. The summed E-state index contributed by atoms with van der Waals surface area (Å²) in [6.45, 7) is 5.70. The van der Waals surface area contributed by atoms with Crippen LogP contribution in [0.2, 0.25) is 0 Å². The van der Waals surface area contributed by atoms with Crippen molar-refractivity contribution in [1.82, 2.24) is 19.7 Å².